The number of hydrogen-bond acceptors (Lipinski definition) is 2. The summed E-state index contributed by atoms with van der Waals surface area (Å²) in [5.74, 6) is 0.971. The number of hydrogen-bond donors (Lipinski definition) is 1. The fourth-order valence-corrected chi connectivity index (χ4v) is 2.01. The molecule has 0 bridgehead atoms. The zero-order chi connectivity index (χ0) is 11.8. The van der Waals surface area contributed by atoms with Gasteiger partial charge in [-0.05, 0) is 32.4 Å². The summed E-state index contributed by atoms with van der Waals surface area (Å²) >= 11 is 3.43. The van der Waals surface area contributed by atoms with E-state index in [1.54, 1.807) is 7.11 Å². The van der Waals surface area contributed by atoms with Crippen molar-refractivity contribution in [1.82, 2.24) is 5.32 Å². The van der Waals surface area contributed by atoms with Gasteiger partial charge in [0.05, 0.1) is 7.11 Å². The van der Waals surface area contributed by atoms with E-state index in [9.17, 15) is 0 Å². The molecule has 0 aromatic heterocycles. The van der Waals surface area contributed by atoms with E-state index >= 15 is 0 Å². The van der Waals surface area contributed by atoms with E-state index in [1.165, 1.54) is 24.0 Å². The van der Waals surface area contributed by atoms with Crippen molar-refractivity contribution in [2.24, 2.45) is 0 Å². The molecule has 0 unspecified atom stereocenters. The van der Waals surface area contributed by atoms with Gasteiger partial charge >= 0.3 is 0 Å². The second-order valence-corrected chi connectivity index (χ2v) is 4.68. The van der Waals surface area contributed by atoms with Gasteiger partial charge in [-0.15, -0.1) is 0 Å². The Kier molecular flexibility index (Phi) is 6.50. The van der Waals surface area contributed by atoms with E-state index in [1.807, 2.05) is 6.07 Å². The summed E-state index contributed by atoms with van der Waals surface area (Å²) in [6.45, 7) is 4.05. The monoisotopic (exact) mass is 285 g/mol. The van der Waals surface area contributed by atoms with Crippen LogP contribution in [-0.2, 0) is 6.54 Å². The van der Waals surface area contributed by atoms with Crippen molar-refractivity contribution >= 4 is 15.9 Å². The summed E-state index contributed by atoms with van der Waals surface area (Å²) in [5.41, 5.74) is 2.51. The Morgan fingerprint density at radius 2 is 2.12 bits per heavy atom. The Hall–Kier alpha value is -0.540. The summed E-state index contributed by atoms with van der Waals surface area (Å²) < 4.78 is 5.33. The van der Waals surface area contributed by atoms with E-state index in [0.29, 0.717) is 0 Å². The molecule has 90 valence electrons. The molecule has 1 N–H and O–H groups in total. The van der Waals surface area contributed by atoms with E-state index in [-0.39, 0.29) is 0 Å². The predicted molar refractivity (Wildman–Crippen MR) is 72.5 cm³/mol. The molecule has 2 nitrogen and oxygen atoms in total. The Bertz CT molecular complexity index is 315. The molecule has 0 heterocycles. The maximum absolute atomic E-state index is 5.33. The summed E-state index contributed by atoms with van der Waals surface area (Å²) in [6.07, 6.45) is 2.43. The molecular weight excluding hydrogens is 266 g/mol. The summed E-state index contributed by atoms with van der Waals surface area (Å²) in [6, 6.07) is 6.29. The molecule has 0 saturated carbocycles. The molecule has 0 radical (unpaired) electrons. The van der Waals surface area contributed by atoms with Crippen molar-refractivity contribution in [2.45, 2.75) is 26.3 Å². The smallest absolute Gasteiger partial charge is 0.123 e. The average Bonchev–Trinajstić information content (AvgIpc) is 2.29. The first-order chi connectivity index (χ1) is 7.77. The highest BCUT2D eigenvalue weighted by atomic mass is 79.9. The zero-order valence-corrected chi connectivity index (χ0v) is 11.6. The maximum Gasteiger partial charge on any atom is 0.123 e. The quantitative estimate of drug-likeness (QED) is 0.613. The number of ether oxygens (including phenoxy) is 1. The van der Waals surface area contributed by atoms with Crippen LogP contribution in [0.3, 0.4) is 0 Å². The van der Waals surface area contributed by atoms with Gasteiger partial charge in [0.1, 0.15) is 5.75 Å². The SMILES string of the molecule is COc1ccc(C)cc1CNCCCCBr. The first kappa shape index (κ1) is 13.5. The lowest BCUT2D eigenvalue weighted by Crippen LogP contribution is -2.15. The highest BCUT2D eigenvalue weighted by Gasteiger charge is 2.02. The van der Waals surface area contributed by atoms with Crippen LogP contribution in [0.15, 0.2) is 18.2 Å². The molecule has 0 spiro atoms. The van der Waals surface area contributed by atoms with Crippen LogP contribution in [0.2, 0.25) is 0 Å². The Morgan fingerprint density at radius 3 is 2.81 bits per heavy atom. The predicted octanol–water partition coefficient (Wildman–Crippen LogP) is 3.27. The lowest BCUT2D eigenvalue weighted by molar-refractivity contribution is 0.407. The molecule has 0 aliphatic heterocycles. The topological polar surface area (TPSA) is 21.3 Å². The van der Waals surface area contributed by atoms with Gasteiger partial charge in [0.25, 0.3) is 0 Å². The Morgan fingerprint density at radius 1 is 1.31 bits per heavy atom. The van der Waals surface area contributed by atoms with Gasteiger partial charge in [-0.1, -0.05) is 33.6 Å². The van der Waals surface area contributed by atoms with Crippen molar-refractivity contribution < 1.29 is 4.74 Å². The molecule has 0 aliphatic carbocycles. The third-order valence-corrected chi connectivity index (χ3v) is 3.05. The second kappa shape index (κ2) is 7.69. The molecule has 3 heteroatoms. The van der Waals surface area contributed by atoms with Crippen molar-refractivity contribution in [1.29, 1.82) is 0 Å². The third-order valence-electron chi connectivity index (χ3n) is 2.49. The number of alkyl halides is 1. The second-order valence-electron chi connectivity index (χ2n) is 3.89. The highest BCUT2D eigenvalue weighted by molar-refractivity contribution is 9.09. The maximum atomic E-state index is 5.33. The summed E-state index contributed by atoms with van der Waals surface area (Å²) in [4.78, 5) is 0. The number of halogens is 1. The number of benzene rings is 1. The van der Waals surface area contributed by atoms with Crippen LogP contribution in [0.25, 0.3) is 0 Å². The van der Waals surface area contributed by atoms with Gasteiger partial charge in [-0.2, -0.15) is 0 Å². The lowest BCUT2D eigenvalue weighted by atomic mass is 10.1. The minimum absolute atomic E-state index is 0.882. The Balaban J connectivity index is 2.42. The van der Waals surface area contributed by atoms with Crippen molar-refractivity contribution in [3.05, 3.63) is 29.3 Å². The molecule has 0 fully saturated rings. The van der Waals surface area contributed by atoms with Gasteiger partial charge in [0, 0.05) is 17.4 Å². The van der Waals surface area contributed by atoms with E-state index < -0.39 is 0 Å². The Labute approximate surface area is 107 Å². The molecule has 1 aromatic carbocycles. The molecule has 1 rings (SSSR count). The summed E-state index contributed by atoms with van der Waals surface area (Å²) in [7, 11) is 1.72. The van der Waals surface area contributed by atoms with Crippen LogP contribution in [0, 0.1) is 6.92 Å². The largest absolute Gasteiger partial charge is 0.496 e. The van der Waals surface area contributed by atoms with Gasteiger partial charge in [0.15, 0.2) is 0 Å². The lowest BCUT2D eigenvalue weighted by Gasteiger charge is -2.10. The number of rotatable bonds is 7. The molecular formula is C13H20BrNO. The van der Waals surface area contributed by atoms with Gasteiger partial charge < -0.3 is 10.1 Å². The molecule has 0 aliphatic rings. The van der Waals surface area contributed by atoms with Crippen LogP contribution in [0.5, 0.6) is 5.75 Å². The number of methoxy groups -OCH3 is 1. The standard InChI is InChI=1S/C13H20BrNO/c1-11-5-6-13(16-2)12(9-11)10-15-8-4-3-7-14/h5-6,9,15H,3-4,7-8,10H2,1-2H3. The van der Waals surface area contributed by atoms with E-state index in [0.717, 1.165) is 24.2 Å². The minimum Gasteiger partial charge on any atom is -0.496 e. The molecule has 0 amide bonds. The number of aryl methyl sites for hydroxylation is 1. The van der Waals surface area contributed by atoms with Gasteiger partial charge in [-0.25, -0.2) is 0 Å². The van der Waals surface area contributed by atoms with Gasteiger partial charge in [-0.3, -0.25) is 0 Å². The van der Waals surface area contributed by atoms with Crippen molar-refractivity contribution in [3.8, 4) is 5.75 Å². The van der Waals surface area contributed by atoms with Gasteiger partial charge in [0.2, 0.25) is 0 Å². The third kappa shape index (κ3) is 4.54. The fourth-order valence-electron chi connectivity index (χ4n) is 1.61. The fraction of sp³-hybridized carbons (Fsp3) is 0.538. The zero-order valence-electron chi connectivity index (χ0n) is 10.1. The normalized spacial score (nSPS) is 10.4. The van der Waals surface area contributed by atoms with Crippen molar-refractivity contribution in [3.63, 3.8) is 0 Å². The van der Waals surface area contributed by atoms with Crippen LogP contribution < -0.4 is 10.1 Å². The van der Waals surface area contributed by atoms with Crippen molar-refractivity contribution in [2.75, 3.05) is 19.0 Å². The average molecular weight is 286 g/mol. The molecule has 16 heavy (non-hydrogen) atoms. The van der Waals surface area contributed by atoms with E-state index in [4.69, 9.17) is 4.74 Å². The first-order valence-corrected chi connectivity index (χ1v) is 6.80. The van der Waals surface area contributed by atoms with E-state index in [2.05, 4.69) is 40.3 Å². The van der Waals surface area contributed by atoms with Crippen LogP contribution >= 0.6 is 15.9 Å². The first-order valence-electron chi connectivity index (χ1n) is 5.68. The molecule has 0 atom stereocenters. The minimum atomic E-state index is 0.882. The van der Waals surface area contributed by atoms with Crippen LogP contribution in [-0.4, -0.2) is 19.0 Å². The summed E-state index contributed by atoms with van der Waals surface area (Å²) in [5, 5.41) is 4.52. The van der Waals surface area contributed by atoms with Crippen LogP contribution in [0.1, 0.15) is 24.0 Å². The highest BCUT2D eigenvalue weighted by Crippen LogP contribution is 2.19. The van der Waals surface area contributed by atoms with Crippen LogP contribution in [0.4, 0.5) is 0 Å². The molecule has 1 aromatic rings. The number of unbranched alkanes of at least 4 members (excludes halogenated alkanes) is 1. The molecule has 0 saturated heterocycles. The number of nitrogens with one attached hydrogen (secondary N) is 1.